The summed E-state index contributed by atoms with van der Waals surface area (Å²) in [6.07, 6.45) is 0.392. The van der Waals surface area contributed by atoms with E-state index < -0.39 is 0 Å². The van der Waals surface area contributed by atoms with E-state index in [4.69, 9.17) is 4.74 Å². The van der Waals surface area contributed by atoms with Crippen molar-refractivity contribution in [3.63, 3.8) is 0 Å². The van der Waals surface area contributed by atoms with Gasteiger partial charge in [-0.3, -0.25) is 4.79 Å². The number of hydrogen-bond acceptors (Lipinski definition) is 3. The number of carbonyl (C=O) groups is 2. The second-order valence-electron chi connectivity index (χ2n) is 3.29. The highest BCUT2D eigenvalue weighted by Gasteiger charge is 2.07. The highest BCUT2D eigenvalue weighted by atomic mass is 79.9. The predicted octanol–water partition coefficient (Wildman–Crippen LogP) is 2.59. The monoisotopic (exact) mass is 299 g/mol. The number of alkyl halides is 1. The van der Waals surface area contributed by atoms with Crippen molar-refractivity contribution in [1.82, 2.24) is 0 Å². The Labute approximate surface area is 108 Å². The van der Waals surface area contributed by atoms with Gasteiger partial charge < -0.3 is 10.1 Å². The van der Waals surface area contributed by atoms with Crippen molar-refractivity contribution >= 4 is 33.5 Å². The van der Waals surface area contributed by atoms with Gasteiger partial charge in [0.15, 0.2) is 0 Å². The quantitative estimate of drug-likeness (QED) is 0.671. The minimum atomic E-state index is -0.385. The molecular weight excluding hydrogens is 286 g/mol. The molecule has 92 valence electrons. The van der Waals surface area contributed by atoms with Crippen molar-refractivity contribution in [2.75, 3.05) is 17.3 Å². The van der Waals surface area contributed by atoms with Crippen LogP contribution in [0.5, 0.6) is 0 Å². The fourth-order valence-corrected chi connectivity index (χ4v) is 1.61. The average Bonchev–Trinajstić information content (AvgIpc) is 2.30. The number of esters is 1. The minimum Gasteiger partial charge on any atom is -0.462 e. The maximum atomic E-state index is 11.5. The molecule has 0 aromatic heterocycles. The van der Waals surface area contributed by atoms with Crippen LogP contribution < -0.4 is 5.32 Å². The summed E-state index contributed by atoms with van der Waals surface area (Å²) < 4.78 is 4.88. The van der Waals surface area contributed by atoms with Crippen LogP contribution in [0.1, 0.15) is 23.7 Å². The van der Waals surface area contributed by atoms with E-state index in [2.05, 4.69) is 21.2 Å². The van der Waals surface area contributed by atoms with Gasteiger partial charge in [-0.05, 0) is 25.1 Å². The van der Waals surface area contributed by atoms with Crippen LogP contribution in [0, 0.1) is 0 Å². The molecule has 0 heterocycles. The third-order valence-corrected chi connectivity index (χ3v) is 2.38. The van der Waals surface area contributed by atoms with Crippen LogP contribution >= 0.6 is 15.9 Å². The fourth-order valence-electron chi connectivity index (χ4n) is 1.25. The van der Waals surface area contributed by atoms with E-state index >= 15 is 0 Å². The van der Waals surface area contributed by atoms with Crippen molar-refractivity contribution < 1.29 is 14.3 Å². The number of ether oxygens (including phenoxy) is 1. The lowest BCUT2D eigenvalue weighted by molar-refractivity contribution is -0.115. The zero-order chi connectivity index (χ0) is 12.7. The highest BCUT2D eigenvalue weighted by molar-refractivity contribution is 9.09. The first-order valence-electron chi connectivity index (χ1n) is 5.30. The van der Waals surface area contributed by atoms with Gasteiger partial charge in [-0.15, -0.1) is 0 Å². The van der Waals surface area contributed by atoms with Gasteiger partial charge in [0.05, 0.1) is 12.2 Å². The lowest BCUT2D eigenvalue weighted by Crippen LogP contribution is -2.12. The maximum absolute atomic E-state index is 11.5. The van der Waals surface area contributed by atoms with Gasteiger partial charge in [-0.2, -0.15) is 0 Å². The smallest absolute Gasteiger partial charge is 0.338 e. The predicted molar refractivity (Wildman–Crippen MR) is 69.4 cm³/mol. The molecule has 4 nitrogen and oxygen atoms in total. The van der Waals surface area contributed by atoms with E-state index in [0.29, 0.717) is 29.6 Å². The molecule has 1 aromatic rings. The molecule has 17 heavy (non-hydrogen) atoms. The Morgan fingerprint density at radius 2 is 2.18 bits per heavy atom. The van der Waals surface area contributed by atoms with Crippen molar-refractivity contribution in [2.24, 2.45) is 0 Å². The fraction of sp³-hybridized carbons (Fsp3) is 0.333. The standard InChI is InChI=1S/C12H14BrNO3/c1-2-17-12(16)9-4-3-5-10(8-9)14-11(15)6-7-13/h3-5,8H,2,6-7H2,1H3,(H,14,15). The molecule has 1 aromatic carbocycles. The first-order valence-corrected chi connectivity index (χ1v) is 6.42. The van der Waals surface area contributed by atoms with Gasteiger partial charge in [0, 0.05) is 17.4 Å². The molecule has 0 aliphatic heterocycles. The van der Waals surface area contributed by atoms with Gasteiger partial charge in [0.1, 0.15) is 0 Å². The number of nitrogens with one attached hydrogen (secondary N) is 1. The Bertz CT molecular complexity index is 406. The molecular formula is C12H14BrNO3. The Hall–Kier alpha value is -1.36. The van der Waals surface area contributed by atoms with E-state index in [-0.39, 0.29) is 11.9 Å². The highest BCUT2D eigenvalue weighted by Crippen LogP contribution is 2.12. The third kappa shape index (κ3) is 4.56. The molecule has 0 aliphatic carbocycles. The number of benzene rings is 1. The number of amides is 1. The Kier molecular flexibility index (Phi) is 5.69. The summed E-state index contributed by atoms with van der Waals surface area (Å²) >= 11 is 3.19. The molecule has 0 atom stereocenters. The van der Waals surface area contributed by atoms with Gasteiger partial charge in [0.25, 0.3) is 0 Å². The molecule has 0 bridgehead atoms. The second-order valence-corrected chi connectivity index (χ2v) is 4.08. The van der Waals surface area contributed by atoms with Crippen molar-refractivity contribution in [1.29, 1.82) is 0 Å². The Morgan fingerprint density at radius 3 is 2.82 bits per heavy atom. The van der Waals surface area contributed by atoms with Crippen molar-refractivity contribution in [3.05, 3.63) is 29.8 Å². The molecule has 0 spiro atoms. The van der Waals surface area contributed by atoms with Crippen LogP contribution in [0.4, 0.5) is 5.69 Å². The molecule has 0 fully saturated rings. The van der Waals surface area contributed by atoms with Crippen LogP contribution in [0.15, 0.2) is 24.3 Å². The van der Waals surface area contributed by atoms with Crippen molar-refractivity contribution in [3.8, 4) is 0 Å². The SMILES string of the molecule is CCOC(=O)c1cccc(NC(=O)CCBr)c1. The number of carbonyl (C=O) groups excluding carboxylic acids is 2. The summed E-state index contributed by atoms with van der Waals surface area (Å²) in [5.41, 5.74) is 1.03. The zero-order valence-corrected chi connectivity index (χ0v) is 11.1. The summed E-state index contributed by atoms with van der Waals surface area (Å²) in [6.45, 7) is 2.08. The first-order chi connectivity index (χ1) is 8.17. The number of anilines is 1. The lowest BCUT2D eigenvalue weighted by Gasteiger charge is -2.06. The number of halogens is 1. The van der Waals surface area contributed by atoms with Crippen LogP contribution in [0.25, 0.3) is 0 Å². The van der Waals surface area contributed by atoms with E-state index in [9.17, 15) is 9.59 Å². The van der Waals surface area contributed by atoms with Crippen LogP contribution in [-0.2, 0) is 9.53 Å². The van der Waals surface area contributed by atoms with Gasteiger partial charge in [-0.25, -0.2) is 4.79 Å². The summed E-state index contributed by atoms with van der Waals surface area (Å²) in [7, 11) is 0. The normalized spacial score (nSPS) is 9.76. The summed E-state index contributed by atoms with van der Waals surface area (Å²) in [6, 6.07) is 6.69. The largest absolute Gasteiger partial charge is 0.462 e. The van der Waals surface area contributed by atoms with Crippen molar-refractivity contribution in [2.45, 2.75) is 13.3 Å². The van der Waals surface area contributed by atoms with E-state index in [0.717, 1.165) is 0 Å². The summed E-state index contributed by atoms with van der Waals surface area (Å²) in [5, 5.41) is 3.31. The zero-order valence-electron chi connectivity index (χ0n) is 9.53. The topological polar surface area (TPSA) is 55.4 Å². The first kappa shape index (κ1) is 13.7. The molecule has 1 rings (SSSR count). The molecule has 1 N–H and O–H groups in total. The van der Waals surface area contributed by atoms with Crippen LogP contribution in [0.3, 0.4) is 0 Å². The lowest BCUT2D eigenvalue weighted by atomic mass is 10.2. The third-order valence-electron chi connectivity index (χ3n) is 1.98. The Balaban J connectivity index is 2.72. The molecule has 0 radical (unpaired) electrons. The molecule has 0 saturated carbocycles. The number of rotatable bonds is 5. The van der Waals surface area contributed by atoms with Gasteiger partial charge >= 0.3 is 5.97 Å². The van der Waals surface area contributed by atoms with E-state index in [1.54, 1.807) is 31.2 Å². The number of hydrogen-bond donors (Lipinski definition) is 1. The Morgan fingerprint density at radius 1 is 1.41 bits per heavy atom. The van der Waals surface area contributed by atoms with Gasteiger partial charge in [-0.1, -0.05) is 22.0 Å². The van der Waals surface area contributed by atoms with Gasteiger partial charge in [0.2, 0.25) is 5.91 Å². The second kappa shape index (κ2) is 7.06. The molecule has 0 unspecified atom stereocenters. The molecule has 5 heteroatoms. The minimum absolute atomic E-state index is 0.0946. The van der Waals surface area contributed by atoms with E-state index in [1.165, 1.54) is 0 Å². The van der Waals surface area contributed by atoms with Crippen LogP contribution in [-0.4, -0.2) is 23.8 Å². The molecule has 1 amide bonds. The molecule has 0 aliphatic rings. The summed E-state index contributed by atoms with van der Waals surface area (Å²) in [5.74, 6) is -0.480. The van der Waals surface area contributed by atoms with E-state index in [1.807, 2.05) is 0 Å². The summed E-state index contributed by atoms with van der Waals surface area (Å²) in [4.78, 5) is 22.8. The maximum Gasteiger partial charge on any atom is 0.338 e. The molecule has 0 saturated heterocycles. The van der Waals surface area contributed by atoms with Crippen LogP contribution in [0.2, 0.25) is 0 Å². The average molecular weight is 300 g/mol.